The summed E-state index contributed by atoms with van der Waals surface area (Å²) >= 11 is 0. The van der Waals surface area contributed by atoms with Gasteiger partial charge in [0.05, 0.1) is 24.3 Å². The number of ether oxygens (including phenoxy) is 2. The van der Waals surface area contributed by atoms with Crippen molar-refractivity contribution < 1.29 is 23.9 Å². The van der Waals surface area contributed by atoms with E-state index in [1.54, 1.807) is 6.92 Å². The predicted molar refractivity (Wildman–Crippen MR) is 132 cm³/mol. The molecule has 1 aromatic rings. The highest BCUT2D eigenvalue weighted by Crippen LogP contribution is 2.29. The molecule has 0 spiro atoms. The molecule has 1 fully saturated rings. The first-order valence-corrected chi connectivity index (χ1v) is 12.5. The number of hydrogen-bond acceptors (Lipinski definition) is 6. The van der Waals surface area contributed by atoms with Crippen LogP contribution in [0.15, 0.2) is 41.6 Å². The lowest BCUT2D eigenvalue weighted by atomic mass is 9.93. The Morgan fingerprint density at radius 2 is 1.89 bits per heavy atom. The number of nitrogens with zero attached hydrogens (tertiary/aromatic N) is 1. The summed E-state index contributed by atoms with van der Waals surface area (Å²) in [7, 11) is 0. The van der Waals surface area contributed by atoms with Gasteiger partial charge in [0.15, 0.2) is 0 Å². The monoisotopic (exact) mass is 486 g/mol. The van der Waals surface area contributed by atoms with Crippen molar-refractivity contribution in [3.63, 3.8) is 0 Å². The number of nitrogens with one attached hydrogen (secondary N) is 3. The molecule has 1 atom stereocenters. The third kappa shape index (κ3) is 7.80. The molecular weight excluding hydrogens is 448 g/mol. The molecule has 0 saturated carbocycles. The van der Waals surface area contributed by atoms with Crippen LogP contribution in [0.1, 0.15) is 51.6 Å². The first-order valence-electron chi connectivity index (χ1n) is 12.5. The van der Waals surface area contributed by atoms with Crippen molar-refractivity contribution in [1.29, 1.82) is 0 Å². The molecule has 0 radical (unpaired) electrons. The van der Waals surface area contributed by atoms with Gasteiger partial charge >= 0.3 is 12.0 Å². The molecule has 1 aromatic carbocycles. The van der Waals surface area contributed by atoms with Crippen LogP contribution in [0.4, 0.5) is 4.79 Å². The molecule has 1 unspecified atom stereocenters. The summed E-state index contributed by atoms with van der Waals surface area (Å²) in [5.41, 5.74) is 1.78. The minimum absolute atomic E-state index is 0.0320. The molecule has 2 aliphatic rings. The van der Waals surface area contributed by atoms with E-state index >= 15 is 0 Å². The van der Waals surface area contributed by atoms with Crippen LogP contribution in [0.3, 0.4) is 0 Å². The Morgan fingerprint density at radius 3 is 2.54 bits per heavy atom. The number of hydrogen-bond donors (Lipinski definition) is 3. The van der Waals surface area contributed by atoms with Gasteiger partial charge in [0.2, 0.25) is 5.91 Å². The van der Waals surface area contributed by atoms with Crippen molar-refractivity contribution in [2.45, 2.75) is 52.2 Å². The number of carbonyl (C=O) groups is 3. The van der Waals surface area contributed by atoms with E-state index in [0.29, 0.717) is 44.1 Å². The normalized spacial score (nSPS) is 19.3. The molecule has 1 saturated heterocycles. The Kier molecular flexibility index (Phi) is 10.1. The van der Waals surface area contributed by atoms with Gasteiger partial charge in [0.25, 0.3) is 0 Å². The van der Waals surface area contributed by atoms with Crippen LogP contribution in [-0.4, -0.2) is 68.3 Å². The Bertz CT molecular complexity index is 894. The number of carbonyl (C=O) groups excluding carboxylic acids is 3. The molecule has 3 N–H and O–H groups in total. The number of likely N-dealkylation sites (tertiary alicyclic amines) is 1. The van der Waals surface area contributed by atoms with E-state index in [2.05, 4.69) is 20.9 Å². The summed E-state index contributed by atoms with van der Waals surface area (Å²) in [5.74, 6) is -0.394. The van der Waals surface area contributed by atoms with E-state index in [4.69, 9.17) is 9.47 Å². The SMILES string of the molecule is CCOC(=O)C1=C(CN2CCC(C(=O)NCCCOC(C)C)CC2)NC(=O)NC1c1ccccc1. The molecular formula is C26H38N4O5. The third-order valence-corrected chi connectivity index (χ3v) is 6.19. The van der Waals surface area contributed by atoms with Gasteiger partial charge in [0.1, 0.15) is 0 Å². The number of amides is 3. The number of piperidine rings is 1. The zero-order chi connectivity index (χ0) is 25.2. The van der Waals surface area contributed by atoms with E-state index in [1.165, 1.54) is 0 Å². The largest absolute Gasteiger partial charge is 0.463 e. The highest BCUT2D eigenvalue weighted by molar-refractivity contribution is 5.95. The van der Waals surface area contributed by atoms with Crippen molar-refractivity contribution in [1.82, 2.24) is 20.9 Å². The Balaban J connectivity index is 1.61. The fraction of sp³-hybridized carbons (Fsp3) is 0.577. The second-order valence-corrected chi connectivity index (χ2v) is 9.17. The standard InChI is InChI=1S/C26H38N4O5/c1-4-34-25(32)22-21(28-26(33)29-23(22)19-9-6-5-7-10-19)17-30-14-11-20(12-15-30)24(31)27-13-8-16-35-18(2)3/h5-7,9-10,18,20,23H,4,8,11-17H2,1-3H3,(H,27,31)(H2,28,29,33). The maximum Gasteiger partial charge on any atom is 0.338 e. The average Bonchev–Trinajstić information content (AvgIpc) is 2.84. The van der Waals surface area contributed by atoms with Crippen LogP contribution in [0.25, 0.3) is 0 Å². The van der Waals surface area contributed by atoms with E-state index in [9.17, 15) is 14.4 Å². The summed E-state index contributed by atoms with van der Waals surface area (Å²) in [4.78, 5) is 40.1. The molecule has 35 heavy (non-hydrogen) atoms. The average molecular weight is 487 g/mol. The number of rotatable bonds is 11. The first kappa shape index (κ1) is 26.7. The summed E-state index contributed by atoms with van der Waals surface area (Å²) in [6, 6.07) is 8.47. The molecule has 9 heteroatoms. The quantitative estimate of drug-likeness (QED) is 0.328. The van der Waals surface area contributed by atoms with Crippen LogP contribution >= 0.6 is 0 Å². The van der Waals surface area contributed by atoms with E-state index in [-0.39, 0.29) is 30.6 Å². The summed E-state index contributed by atoms with van der Waals surface area (Å²) in [6.45, 7) is 9.06. The van der Waals surface area contributed by atoms with Crippen LogP contribution in [0.2, 0.25) is 0 Å². The predicted octanol–water partition coefficient (Wildman–Crippen LogP) is 2.50. The van der Waals surface area contributed by atoms with Gasteiger partial charge in [-0.1, -0.05) is 30.3 Å². The fourth-order valence-corrected chi connectivity index (χ4v) is 4.41. The van der Waals surface area contributed by atoms with Gasteiger partial charge in [-0.05, 0) is 58.7 Å². The van der Waals surface area contributed by atoms with Crippen molar-refractivity contribution in [2.75, 3.05) is 39.4 Å². The highest BCUT2D eigenvalue weighted by Gasteiger charge is 2.35. The number of benzene rings is 1. The smallest absolute Gasteiger partial charge is 0.338 e. The van der Waals surface area contributed by atoms with Gasteiger partial charge in [-0.25, -0.2) is 9.59 Å². The maximum atomic E-state index is 12.9. The van der Waals surface area contributed by atoms with Crippen molar-refractivity contribution in [2.24, 2.45) is 5.92 Å². The van der Waals surface area contributed by atoms with Gasteiger partial charge in [-0.15, -0.1) is 0 Å². The Labute approximate surface area is 207 Å². The maximum absolute atomic E-state index is 12.9. The molecule has 0 aliphatic carbocycles. The first-order chi connectivity index (χ1) is 16.9. The third-order valence-electron chi connectivity index (χ3n) is 6.19. The lowest BCUT2D eigenvalue weighted by Crippen LogP contribution is -2.49. The minimum Gasteiger partial charge on any atom is -0.463 e. The number of urea groups is 1. The minimum atomic E-state index is -0.581. The molecule has 192 valence electrons. The fourth-order valence-electron chi connectivity index (χ4n) is 4.41. The van der Waals surface area contributed by atoms with Gasteiger partial charge in [-0.2, -0.15) is 0 Å². The van der Waals surface area contributed by atoms with Gasteiger partial charge in [-0.3, -0.25) is 9.69 Å². The van der Waals surface area contributed by atoms with Crippen LogP contribution < -0.4 is 16.0 Å². The van der Waals surface area contributed by atoms with Crippen LogP contribution in [0.5, 0.6) is 0 Å². The van der Waals surface area contributed by atoms with Gasteiger partial charge in [0, 0.05) is 31.3 Å². The zero-order valence-corrected chi connectivity index (χ0v) is 21.0. The van der Waals surface area contributed by atoms with Gasteiger partial charge < -0.3 is 25.4 Å². The lowest BCUT2D eigenvalue weighted by molar-refractivity contribution is -0.139. The Hall–Kier alpha value is -2.91. The van der Waals surface area contributed by atoms with Crippen LogP contribution in [0, 0.1) is 5.92 Å². The second-order valence-electron chi connectivity index (χ2n) is 9.17. The molecule has 0 aromatic heterocycles. The highest BCUT2D eigenvalue weighted by atomic mass is 16.5. The van der Waals surface area contributed by atoms with E-state index in [1.807, 2.05) is 44.2 Å². The van der Waals surface area contributed by atoms with E-state index in [0.717, 1.165) is 24.8 Å². The number of esters is 1. The van der Waals surface area contributed by atoms with E-state index < -0.39 is 12.0 Å². The second kappa shape index (κ2) is 13.3. The lowest BCUT2D eigenvalue weighted by Gasteiger charge is -2.35. The molecule has 3 amide bonds. The van der Waals surface area contributed by atoms with Crippen molar-refractivity contribution in [3.8, 4) is 0 Å². The molecule has 9 nitrogen and oxygen atoms in total. The Morgan fingerprint density at radius 1 is 1.17 bits per heavy atom. The van der Waals surface area contributed by atoms with Crippen LogP contribution in [-0.2, 0) is 19.1 Å². The zero-order valence-electron chi connectivity index (χ0n) is 21.0. The molecule has 2 heterocycles. The van der Waals surface area contributed by atoms with Crippen molar-refractivity contribution >= 4 is 17.9 Å². The summed E-state index contributed by atoms with van der Waals surface area (Å²) < 4.78 is 10.8. The summed E-state index contributed by atoms with van der Waals surface area (Å²) in [5, 5.41) is 8.70. The topological polar surface area (TPSA) is 109 Å². The summed E-state index contributed by atoms with van der Waals surface area (Å²) in [6.07, 6.45) is 2.45. The molecule has 2 aliphatic heterocycles. The molecule has 0 bridgehead atoms. The van der Waals surface area contributed by atoms with Crippen molar-refractivity contribution in [3.05, 3.63) is 47.2 Å². The molecule has 3 rings (SSSR count).